The van der Waals surface area contributed by atoms with E-state index in [9.17, 15) is 9.18 Å². The fourth-order valence-electron chi connectivity index (χ4n) is 3.09. The van der Waals surface area contributed by atoms with E-state index in [0.717, 1.165) is 44.0 Å². The van der Waals surface area contributed by atoms with Gasteiger partial charge in [-0.05, 0) is 51.3 Å². The predicted molar refractivity (Wildman–Crippen MR) is 103 cm³/mol. The smallest absolute Gasteiger partial charge is 0.309 e. The SMILES string of the molecule is CCNC(=NCc1ccc(OCC)c(F)c1)N1CCC(C(=O)OCC)CC1. The zero-order valence-electron chi connectivity index (χ0n) is 16.5. The largest absolute Gasteiger partial charge is 0.491 e. The molecule has 1 aromatic carbocycles. The molecule has 27 heavy (non-hydrogen) atoms. The van der Waals surface area contributed by atoms with E-state index in [0.29, 0.717) is 19.8 Å². The Morgan fingerprint density at radius 2 is 2.00 bits per heavy atom. The molecular weight excluding hydrogens is 349 g/mol. The van der Waals surface area contributed by atoms with Crippen molar-refractivity contribution in [1.82, 2.24) is 10.2 Å². The van der Waals surface area contributed by atoms with Gasteiger partial charge in [-0.3, -0.25) is 4.79 Å². The number of ether oxygens (including phenoxy) is 2. The number of halogens is 1. The van der Waals surface area contributed by atoms with Crippen LogP contribution in [0.1, 0.15) is 39.2 Å². The second-order valence-corrected chi connectivity index (χ2v) is 6.38. The highest BCUT2D eigenvalue weighted by Crippen LogP contribution is 2.20. The Kier molecular flexibility index (Phi) is 8.36. The third kappa shape index (κ3) is 6.12. The number of nitrogens with zero attached hydrogens (tertiary/aromatic N) is 2. The van der Waals surface area contributed by atoms with Crippen LogP contribution in [0.2, 0.25) is 0 Å². The Labute approximate surface area is 160 Å². The Morgan fingerprint density at radius 1 is 1.26 bits per heavy atom. The van der Waals surface area contributed by atoms with Gasteiger partial charge in [0.1, 0.15) is 0 Å². The van der Waals surface area contributed by atoms with Crippen molar-refractivity contribution >= 4 is 11.9 Å². The lowest BCUT2D eigenvalue weighted by Crippen LogP contribution is -2.46. The highest BCUT2D eigenvalue weighted by Gasteiger charge is 2.27. The summed E-state index contributed by atoms with van der Waals surface area (Å²) in [6.45, 7) is 9.12. The zero-order valence-corrected chi connectivity index (χ0v) is 16.5. The van der Waals surface area contributed by atoms with Crippen molar-refractivity contribution in [2.45, 2.75) is 40.2 Å². The van der Waals surface area contributed by atoms with E-state index >= 15 is 0 Å². The van der Waals surface area contributed by atoms with Crippen molar-refractivity contribution in [2.24, 2.45) is 10.9 Å². The van der Waals surface area contributed by atoms with E-state index in [1.165, 1.54) is 6.07 Å². The normalized spacial score (nSPS) is 15.6. The van der Waals surface area contributed by atoms with Gasteiger partial charge < -0.3 is 19.7 Å². The van der Waals surface area contributed by atoms with Crippen molar-refractivity contribution in [1.29, 1.82) is 0 Å². The molecule has 7 heteroatoms. The number of rotatable bonds is 7. The number of piperidine rings is 1. The van der Waals surface area contributed by atoms with Crippen LogP contribution >= 0.6 is 0 Å². The van der Waals surface area contributed by atoms with E-state index < -0.39 is 0 Å². The van der Waals surface area contributed by atoms with Gasteiger partial charge in [0.05, 0.1) is 25.7 Å². The van der Waals surface area contributed by atoms with Crippen molar-refractivity contribution in [3.63, 3.8) is 0 Å². The first-order chi connectivity index (χ1) is 13.1. The minimum absolute atomic E-state index is 0.0377. The van der Waals surface area contributed by atoms with Crippen LogP contribution in [-0.4, -0.2) is 49.7 Å². The van der Waals surface area contributed by atoms with Gasteiger partial charge >= 0.3 is 5.97 Å². The molecule has 0 bridgehead atoms. The molecule has 0 radical (unpaired) electrons. The molecular formula is C20H30FN3O3. The molecule has 0 aromatic heterocycles. The molecule has 0 unspecified atom stereocenters. The Bertz CT molecular complexity index is 643. The molecule has 1 fully saturated rings. The Balaban J connectivity index is 1.98. The molecule has 0 amide bonds. The number of carbonyl (C=O) groups is 1. The van der Waals surface area contributed by atoms with E-state index in [1.807, 2.05) is 26.8 Å². The zero-order chi connectivity index (χ0) is 19.6. The van der Waals surface area contributed by atoms with Gasteiger partial charge in [0.25, 0.3) is 0 Å². The van der Waals surface area contributed by atoms with Crippen molar-refractivity contribution in [3.05, 3.63) is 29.6 Å². The second kappa shape index (κ2) is 10.7. The standard InChI is InChI=1S/C20H30FN3O3/c1-4-22-20(24-11-9-16(10-12-24)19(25)27-6-3)23-14-15-7-8-18(26-5-2)17(21)13-15/h7-8,13,16H,4-6,9-12,14H2,1-3H3,(H,22,23). The number of likely N-dealkylation sites (tertiary alicyclic amines) is 1. The first-order valence-electron chi connectivity index (χ1n) is 9.70. The van der Waals surface area contributed by atoms with E-state index in [4.69, 9.17) is 9.47 Å². The first-order valence-corrected chi connectivity index (χ1v) is 9.70. The molecule has 0 aliphatic carbocycles. The fourth-order valence-corrected chi connectivity index (χ4v) is 3.09. The van der Waals surface area contributed by atoms with E-state index in [2.05, 4.69) is 15.2 Å². The molecule has 1 aliphatic heterocycles. The average Bonchev–Trinajstić information content (AvgIpc) is 2.67. The topological polar surface area (TPSA) is 63.2 Å². The lowest BCUT2D eigenvalue weighted by atomic mass is 9.97. The summed E-state index contributed by atoms with van der Waals surface area (Å²) in [4.78, 5) is 18.7. The molecule has 1 heterocycles. The summed E-state index contributed by atoms with van der Waals surface area (Å²) in [7, 11) is 0. The summed E-state index contributed by atoms with van der Waals surface area (Å²) in [5.41, 5.74) is 0.785. The van der Waals surface area contributed by atoms with Crippen molar-refractivity contribution < 1.29 is 18.7 Å². The number of nitrogens with one attached hydrogen (secondary N) is 1. The number of hydrogen-bond acceptors (Lipinski definition) is 4. The lowest BCUT2D eigenvalue weighted by Gasteiger charge is -2.33. The highest BCUT2D eigenvalue weighted by atomic mass is 19.1. The third-order valence-corrected chi connectivity index (χ3v) is 4.46. The number of esters is 1. The number of carbonyl (C=O) groups excluding carboxylic acids is 1. The van der Waals surface area contributed by atoms with Gasteiger partial charge in [-0.1, -0.05) is 6.07 Å². The van der Waals surface area contributed by atoms with Crippen molar-refractivity contribution in [3.8, 4) is 5.75 Å². The molecule has 150 valence electrons. The molecule has 1 N–H and O–H groups in total. The molecule has 1 saturated heterocycles. The summed E-state index contributed by atoms with van der Waals surface area (Å²) < 4.78 is 24.3. The molecule has 0 saturated carbocycles. The van der Waals surface area contributed by atoms with Crippen LogP contribution in [0.25, 0.3) is 0 Å². The summed E-state index contributed by atoms with van der Waals surface area (Å²) in [6, 6.07) is 4.93. The quantitative estimate of drug-likeness (QED) is 0.448. The Hall–Kier alpha value is -2.31. The van der Waals surface area contributed by atoms with Crippen molar-refractivity contribution in [2.75, 3.05) is 32.8 Å². The average molecular weight is 379 g/mol. The molecule has 0 atom stereocenters. The maximum Gasteiger partial charge on any atom is 0.309 e. The van der Waals surface area contributed by atoms with Gasteiger partial charge in [-0.25, -0.2) is 9.38 Å². The second-order valence-electron chi connectivity index (χ2n) is 6.38. The minimum atomic E-state index is -0.371. The molecule has 6 nitrogen and oxygen atoms in total. The van der Waals surface area contributed by atoms with Gasteiger partial charge in [0.2, 0.25) is 0 Å². The van der Waals surface area contributed by atoms with Crippen LogP contribution in [0, 0.1) is 11.7 Å². The van der Waals surface area contributed by atoms with Crippen LogP contribution in [-0.2, 0) is 16.1 Å². The van der Waals surface area contributed by atoms with Gasteiger partial charge in [-0.15, -0.1) is 0 Å². The maximum absolute atomic E-state index is 14.0. The predicted octanol–water partition coefficient (Wildman–Crippen LogP) is 2.97. The highest BCUT2D eigenvalue weighted by molar-refractivity contribution is 5.80. The summed E-state index contributed by atoms with van der Waals surface area (Å²) in [5.74, 6) is 0.533. The molecule has 1 aliphatic rings. The lowest BCUT2D eigenvalue weighted by molar-refractivity contribution is -0.149. The van der Waals surface area contributed by atoms with Crippen LogP contribution in [0.4, 0.5) is 4.39 Å². The minimum Gasteiger partial charge on any atom is -0.491 e. The summed E-state index contributed by atoms with van der Waals surface area (Å²) >= 11 is 0. The number of hydrogen-bond donors (Lipinski definition) is 1. The molecule has 0 spiro atoms. The fraction of sp³-hybridized carbons (Fsp3) is 0.600. The molecule has 2 rings (SSSR count). The van der Waals surface area contributed by atoms with Gasteiger partial charge in [0, 0.05) is 19.6 Å². The molecule has 1 aromatic rings. The number of guanidine groups is 1. The third-order valence-electron chi connectivity index (χ3n) is 4.46. The van der Waals surface area contributed by atoms with Gasteiger partial charge in [0.15, 0.2) is 17.5 Å². The van der Waals surface area contributed by atoms with Gasteiger partial charge in [-0.2, -0.15) is 0 Å². The first kappa shape index (κ1) is 21.0. The van der Waals surface area contributed by atoms with Crippen LogP contribution in [0.5, 0.6) is 5.75 Å². The summed E-state index contributed by atoms with van der Waals surface area (Å²) in [6.07, 6.45) is 1.50. The van der Waals surface area contributed by atoms with E-state index in [-0.39, 0.29) is 23.5 Å². The van der Waals surface area contributed by atoms with Crippen LogP contribution < -0.4 is 10.1 Å². The van der Waals surface area contributed by atoms with Crippen LogP contribution in [0.3, 0.4) is 0 Å². The maximum atomic E-state index is 14.0. The monoisotopic (exact) mass is 379 g/mol. The summed E-state index contributed by atoms with van der Waals surface area (Å²) in [5, 5.41) is 3.28. The van der Waals surface area contributed by atoms with Crippen LogP contribution in [0.15, 0.2) is 23.2 Å². The van der Waals surface area contributed by atoms with E-state index in [1.54, 1.807) is 6.07 Å². The Morgan fingerprint density at radius 3 is 2.59 bits per heavy atom. The number of aliphatic imine (C=N–C) groups is 1. The number of benzene rings is 1.